The molecule has 0 atom stereocenters. The van der Waals surface area contributed by atoms with Crippen LogP contribution in [0.15, 0.2) is 59.5 Å². The standard InChI is InChI=1S/C16H14N2O/c1-12-6-2-3-7-13(12)11-18-15-9-5-4-8-14(15)16(19)10-17-18/h2-10H,11H2,1H3. The molecule has 0 spiro atoms. The van der Waals surface area contributed by atoms with Gasteiger partial charge in [-0.2, -0.15) is 5.10 Å². The van der Waals surface area contributed by atoms with Crippen LogP contribution in [-0.4, -0.2) is 9.78 Å². The molecule has 0 radical (unpaired) electrons. The highest BCUT2D eigenvalue weighted by atomic mass is 16.1. The van der Waals surface area contributed by atoms with Gasteiger partial charge in [0.1, 0.15) is 0 Å². The van der Waals surface area contributed by atoms with E-state index in [2.05, 4.69) is 24.2 Å². The van der Waals surface area contributed by atoms with Crippen molar-refractivity contribution >= 4 is 10.9 Å². The number of para-hydroxylation sites is 1. The molecule has 3 aromatic rings. The summed E-state index contributed by atoms with van der Waals surface area (Å²) >= 11 is 0. The van der Waals surface area contributed by atoms with Gasteiger partial charge >= 0.3 is 0 Å². The average Bonchev–Trinajstić information content (AvgIpc) is 2.44. The Bertz CT molecular complexity index is 790. The van der Waals surface area contributed by atoms with Crippen LogP contribution < -0.4 is 5.43 Å². The number of rotatable bonds is 2. The Morgan fingerprint density at radius 2 is 1.79 bits per heavy atom. The fourth-order valence-electron chi connectivity index (χ4n) is 2.24. The topological polar surface area (TPSA) is 34.9 Å². The van der Waals surface area contributed by atoms with Crippen molar-refractivity contribution < 1.29 is 0 Å². The lowest BCUT2D eigenvalue weighted by molar-refractivity contribution is 0.692. The van der Waals surface area contributed by atoms with E-state index in [-0.39, 0.29) is 5.43 Å². The first-order valence-electron chi connectivity index (χ1n) is 6.25. The van der Waals surface area contributed by atoms with E-state index in [1.165, 1.54) is 17.3 Å². The minimum atomic E-state index is -0.0309. The SMILES string of the molecule is Cc1ccccc1Cn1ncc(=O)c2ccccc21. The van der Waals surface area contributed by atoms with Crippen LogP contribution >= 0.6 is 0 Å². The molecule has 19 heavy (non-hydrogen) atoms. The van der Waals surface area contributed by atoms with Crippen molar-refractivity contribution in [1.82, 2.24) is 9.78 Å². The van der Waals surface area contributed by atoms with Gasteiger partial charge in [0.15, 0.2) is 0 Å². The van der Waals surface area contributed by atoms with Gasteiger partial charge in [0.25, 0.3) is 0 Å². The van der Waals surface area contributed by atoms with Crippen LogP contribution in [0.3, 0.4) is 0 Å². The summed E-state index contributed by atoms with van der Waals surface area (Å²) in [5, 5.41) is 4.96. The molecule has 3 rings (SSSR count). The van der Waals surface area contributed by atoms with Gasteiger partial charge in [0.05, 0.1) is 18.3 Å². The van der Waals surface area contributed by atoms with Crippen LogP contribution in [0.1, 0.15) is 11.1 Å². The zero-order chi connectivity index (χ0) is 13.2. The normalized spacial score (nSPS) is 10.8. The summed E-state index contributed by atoms with van der Waals surface area (Å²) in [6.45, 7) is 2.76. The van der Waals surface area contributed by atoms with Crippen LogP contribution in [0.4, 0.5) is 0 Å². The van der Waals surface area contributed by atoms with Crippen molar-refractivity contribution in [3.63, 3.8) is 0 Å². The fourth-order valence-corrected chi connectivity index (χ4v) is 2.24. The number of aromatic nitrogens is 2. The molecule has 0 N–H and O–H groups in total. The molecule has 3 heteroatoms. The number of hydrogen-bond donors (Lipinski definition) is 0. The second-order valence-corrected chi connectivity index (χ2v) is 4.61. The molecule has 0 fully saturated rings. The first kappa shape index (κ1) is 11.7. The molecule has 1 aromatic heterocycles. The predicted octanol–water partition coefficient (Wildman–Crippen LogP) is 2.75. The Morgan fingerprint density at radius 1 is 1.05 bits per heavy atom. The Morgan fingerprint density at radius 3 is 2.63 bits per heavy atom. The first-order valence-corrected chi connectivity index (χ1v) is 6.25. The molecule has 94 valence electrons. The Balaban J connectivity index is 2.14. The maximum Gasteiger partial charge on any atom is 0.207 e. The minimum Gasteiger partial charge on any atom is -0.287 e. The van der Waals surface area contributed by atoms with Gasteiger partial charge in [-0.1, -0.05) is 36.4 Å². The summed E-state index contributed by atoms with van der Waals surface area (Å²) in [6.07, 6.45) is 1.39. The number of aryl methyl sites for hydroxylation is 1. The van der Waals surface area contributed by atoms with Gasteiger partial charge in [0.2, 0.25) is 5.43 Å². The van der Waals surface area contributed by atoms with E-state index in [1.54, 1.807) is 0 Å². The Labute approximate surface area is 111 Å². The average molecular weight is 250 g/mol. The highest BCUT2D eigenvalue weighted by Crippen LogP contribution is 2.13. The van der Waals surface area contributed by atoms with E-state index in [9.17, 15) is 4.79 Å². The van der Waals surface area contributed by atoms with Crippen LogP contribution in [-0.2, 0) is 6.54 Å². The highest BCUT2D eigenvalue weighted by molar-refractivity contribution is 5.78. The van der Waals surface area contributed by atoms with Crippen molar-refractivity contribution in [2.24, 2.45) is 0 Å². The molecular formula is C16H14N2O. The van der Waals surface area contributed by atoms with Gasteiger partial charge in [-0.25, -0.2) is 0 Å². The summed E-state index contributed by atoms with van der Waals surface area (Å²) < 4.78 is 1.87. The summed E-state index contributed by atoms with van der Waals surface area (Å²) in [6, 6.07) is 15.8. The van der Waals surface area contributed by atoms with Crippen molar-refractivity contribution in [1.29, 1.82) is 0 Å². The first-order chi connectivity index (χ1) is 9.25. The van der Waals surface area contributed by atoms with Crippen molar-refractivity contribution in [3.8, 4) is 0 Å². The largest absolute Gasteiger partial charge is 0.287 e. The molecule has 2 aromatic carbocycles. The Hall–Kier alpha value is -2.42. The zero-order valence-electron chi connectivity index (χ0n) is 10.7. The molecule has 1 heterocycles. The van der Waals surface area contributed by atoms with Crippen molar-refractivity contribution in [2.45, 2.75) is 13.5 Å². The van der Waals surface area contributed by atoms with E-state index in [0.29, 0.717) is 11.9 Å². The maximum absolute atomic E-state index is 11.8. The third-order valence-corrected chi connectivity index (χ3v) is 3.34. The second-order valence-electron chi connectivity index (χ2n) is 4.61. The van der Waals surface area contributed by atoms with Gasteiger partial charge in [-0.05, 0) is 30.2 Å². The van der Waals surface area contributed by atoms with Crippen molar-refractivity contribution in [2.75, 3.05) is 0 Å². The number of hydrogen-bond acceptors (Lipinski definition) is 2. The zero-order valence-corrected chi connectivity index (χ0v) is 10.7. The second kappa shape index (κ2) is 4.69. The van der Waals surface area contributed by atoms with E-state index >= 15 is 0 Å². The lowest BCUT2D eigenvalue weighted by Gasteiger charge is -2.10. The Kier molecular flexibility index (Phi) is 2.88. The third-order valence-electron chi connectivity index (χ3n) is 3.34. The van der Waals surface area contributed by atoms with Crippen LogP contribution in [0.5, 0.6) is 0 Å². The van der Waals surface area contributed by atoms with E-state index in [1.807, 2.05) is 41.1 Å². The molecule has 0 aliphatic carbocycles. The summed E-state index contributed by atoms with van der Waals surface area (Å²) in [5.41, 5.74) is 3.28. The van der Waals surface area contributed by atoms with Gasteiger partial charge in [-0.15, -0.1) is 0 Å². The quantitative estimate of drug-likeness (QED) is 0.701. The monoisotopic (exact) mass is 250 g/mol. The number of benzene rings is 2. The number of nitrogens with zero attached hydrogens (tertiary/aromatic N) is 2. The molecule has 0 aliphatic rings. The minimum absolute atomic E-state index is 0.0309. The maximum atomic E-state index is 11.8. The molecule has 0 bridgehead atoms. The van der Waals surface area contributed by atoms with E-state index in [4.69, 9.17) is 0 Å². The van der Waals surface area contributed by atoms with E-state index in [0.717, 1.165) is 5.52 Å². The summed E-state index contributed by atoms with van der Waals surface area (Å²) in [5.74, 6) is 0. The molecule has 0 saturated carbocycles. The van der Waals surface area contributed by atoms with Crippen LogP contribution in [0, 0.1) is 6.92 Å². The molecule has 0 unspecified atom stereocenters. The molecule has 0 aliphatic heterocycles. The fraction of sp³-hybridized carbons (Fsp3) is 0.125. The summed E-state index contributed by atoms with van der Waals surface area (Å²) in [7, 11) is 0. The van der Waals surface area contributed by atoms with Gasteiger partial charge in [0, 0.05) is 5.39 Å². The van der Waals surface area contributed by atoms with Gasteiger partial charge < -0.3 is 0 Å². The van der Waals surface area contributed by atoms with E-state index < -0.39 is 0 Å². The lowest BCUT2D eigenvalue weighted by Crippen LogP contribution is -2.13. The smallest absolute Gasteiger partial charge is 0.207 e. The summed E-state index contributed by atoms with van der Waals surface area (Å²) in [4.78, 5) is 11.8. The number of fused-ring (bicyclic) bond motifs is 1. The lowest BCUT2D eigenvalue weighted by atomic mass is 10.1. The van der Waals surface area contributed by atoms with Crippen molar-refractivity contribution in [3.05, 3.63) is 76.1 Å². The molecule has 0 saturated heterocycles. The predicted molar refractivity (Wildman–Crippen MR) is 76.3 cm³/mol. The van der Waals surface area contributed by atoms with Gasteiger partial charge in [-0.3, -0.25) is 9.48 Å². The molecule has 3 nitrogen and oxygen atoms in total. The third kappa shape index (κ3) is 2.15. The van der Waals surface area contributed by atoms with Crippen LogP contribution in [0.25, 0.3) is 10.9 Å². The molecule has 0 amide bonds. The molecular weight excluding hydrogens is 236 g/mol. The highest BCUT2D eigenvalue weighted by Gasteiger charge is 2.05. The van der Waals surface area contributed by atoms with Crippen LogP contribution in [0.2, 0.25) is 0 Å².